The van der Waals surface area contributed by atoms with E-state index in [1.165, 1.54) is 0 Å². The summed E-state index contributed by atoms with van der Waals surface area (Å²) in [5.41, 5.74) is 2.11. The zero-order chi connectivity index (χ0) is 15.9. The molecule has 0 radical (unpaired) electrons. The molecule has 1 atom stereocenters. The average molecular weight is 311 g/mol. The Balaban J connectivity index is 1.43. The van der Waals surface area contributed by atoms with Gasteiger partial charge in [0, 0.05) is 12.1 Å². The highest BCUT2D eigenvalue weighted by atomic mass is 16.5. The average Bonchev–Trinajstić information content (AvgIpc) is 2.61. The molecule has 0 fully saturated rings. The zero-order valence-electron chi connectivity index (χ0n) is 13.0. The predicted octanol–water partition coefficient (Wildman–Crippen LogP) is 2.89. The Morgan fingerprint density at radius 3 is 2.78 bits per heavy atom. The third-order valence-corrected chi connectivity index (χ3v) is 3.93. The van der Waals surface area contributed by atoms with Crippen molar-refractivity contribution >= 4 is 5.91 Å². The van der Waals surface area contributed by atoms with Crippen molar-refractivity contribution in [2.45, 2.75) is 18.9 Å². The molecule has 1 amide bonds. The molecule has 1 aliphatic heterocycles. The maximum absolute atomic E-state index is 12.4. The van der Waals surface area contributed by atoms with Crippen LogP contribution in [0.3, 0.4) is 0 Å². The lowest BCUT2D eigenvalue weighted by molar-refractivity contribution is -0.123. The summed E-state index contributed by atoms with van der Waals surface area (Å²) < 4.78 is 11.2. The van der Waals surface area contributed by atoms with Crippen molar-refractivity contribution in [1.29, 1.82) is 0 Å². The number of carbonyl (C=O) groups is 1. The van der Waals surface area contributed by atoms with E-state index < -0.39 is 0 Å². The van der Waals surface area contributed by atoms with Crippen LogP contribution in [0.25, 0.3) is 0 Å². The fourth-order valence-corrected chi connectivity index (χ4v) is 2.75. The smallest absolute Gasteiger partial charge is 0.227 e. The summed E-state index contributed by atoms with van der Waals surface area (Å²) in [6, 6.07) is 17.8. The number of nitrogens with one attached hydrogen (secondary N) is 1. The van der Waals surface area contributed by atoms with Gasteiger partial charge in [0.25, 0.3) is 0 Å². The van der Waals surface area contributed by atoms with E-state index in [0.717, 1.165) is 16.9 Å². The molecular weight excluding hydrogens is 290 g/mol. The van der Waals surface area contributed by atoms with Gasteiger partial charge in [-0.15, -0.1) is 0 Å². The Bertz CT molecular complexity index is 642. The highest BCUT2D eigenvalue weighted by molar-refractivity contribution is 5.84. The molecule has 0 spiro atoms. The van der Waals surface area contributed by atoms with Crippen molar-refractivity contribution in [1.82, 2.24) is 5.32 Å². The third-order valence-electron chi connectivity index (χ3n) is 3.93. The molecule has 1 aliphatic rings. The van der Waals surface area contributed by atoms with Crippen molar-refractivity contribution in [3.05, 3.63) is 65.7 Å². The van der Waals surface area contributed by atoms with Crippen molar-refractivity contribution in [2.24, 2.45) is 0 Å². The maximum atomic E-state index is 12.4. The van der Waals surface area contributed by atoms with E-state index in [-0.39, 0.29) is 11.8 Å². The first kappa shape index (κ1) is 15.6. The zero-order valence-corrected chi connectivity index (χ0v) is 13.0. The number of benzene rings is 2. The van der Waals surface area contributed by atoms with E-state index in [4.69, 9.17) is 9.47 Å². The van der Waals surface area contributed by atoms with Crippen LogP contribution in [0.15, 0.2) is 54.6 Å². The molecule has 0 bridgehead atoms. The molecule has 0 aromatic heterocycles. The van der Waals surface area contributed by atoms with Gasteiger partial charge in [-0.05, 0) is 18.1 Å². The van der Waals surface area contributed by atoms with Crippen LogP contribution in [0.5, 0.6) is 5.75 Å². The summed E-state index contributed by atoms with van der Waals surface area (Å²) in [7, 11) is 0. The fraction of sp³-hybridized carbons (Fsp3) is 0.316. The molecule has 0 aliphatic carbocycles. The fourth-order valence-electron chi connectivity index (χ4n) is 2.75. The molecule has 23 heavy (non-hydrogen) atoms. The van der Waals surface area contributed by atoms with Gasteiger partial charge in [0.1, 0.15) is 5.75 Å². The summed E-state index contributed by atoms with van der Waals surface area (Å²) in [4.78, 5) is 12.4. The molecule has 1 heterocycles. The van der Waals surface area contributed by atoms with Gasteiger partial charge in [0.15, 0.2) is 0 Å². The van der Waals surface area contributed by atoms with Gasteiger partial charge in [-0.1, -0.05) is 48.5 Å². The van der Waals surface area contributed by atoms with Gasteiger partial charge in [0.05, 0.1) is 25.7 Å². The van der Waals surface area contributed by atoms with Crippen molar-refractivity contribution in [3.63, 3.8) is 0 Å². The SMILES string of the molecule is O=C(NCCOCc1ccccc1)C1CCOc2ccccc21. The molecule has 1 N–H and O–H groups in total. The number of fused-ring (bicyclic) bond motifs is 1. The number of hydrogen-bond donors (Lipinski definition) is 1. The predicted molar refractivity (Wildman–Crippen MR) is 88.4 cm³/mol. The van der Waals surface area contributed by atoms with E-state index in [0.29, 0.717) is 32.8 Å². The van der Waals surface area contributed by atoms with Gasteiger partial charge in [-0.3, -0.25) is 4.79 Å². The molecule has 4 heteroatoms. The van der Waals surface area contributed by atoms with Crippen LogP contribution < -0.4 is 10.1 Å². The lowest BCUT2D eigenvalue weighted by Crippen LogP contribution is -2.34. The van der Waals surface area contributed by atoms with Crippen LogP contribution in [0.2, 0.25) is 0 Å². The van der Waals surface area contributed by atoms with Gasteiger partial charge in [-0.25, -0.2) is 0 Å². The van der Waals surface area contributed by atoms with Crippen LogP contribution in [-0.2, 0) is 16.1 Å². The monoisotopic (exact) mass is 311 g/mol. The van der Waals surface area contributed by atoms with Gasteiger partial charge < -0.3 is 14.8 Å². The summed E-state index contributed by atoms with van der Waals surface area (Å²) in [6.07, 6.45) is 0.716. The van der Waals surface area contributed by atoms with Crippen molar-refractivity contribution in [2.75, 3.05) is 19.8 Å². The number of para-hydroxylation sites is 1. The molecule has 2 aromatic carbocycles. The first-order valence-electron chi connectivity index (χ1n) is 7.96. The second kappa shape index (κ2) is 7.79. The number of amides is 1. The largest absolute Gasteiger partial charge is 0.493 e. The van der Waals surface area contributed by atoms with E-state index in [1.807, 2.05) is 54.6 Å². The normalized spacial score (nSPS) is 16.3. The van der Waals surface area contributed by atoms with Crippen LogP contribution in [0, 0.1) is 0 Å². The van der Waals surface area contributed by atoms with E-state index in [1.54, 1.807) is 0 Å². The minimum Gasteiger partial charge on any atom is -0.493 e. The quantitative estimate of drug-likeness (QED) is 0.835. The molecule has 120 valence electrons. The standard InChI is InChI=1S/C19H21NO3/c21-19(17-10-12-23-18-9-5-4-8-16(17)18)20-11-13-22-14-15-6-2-1-3-7-15/h1-9,17H,10-14H2,(H,20,21). The van der Waals surface area contributed by atoms with E-state index in [9.17, 15) is 4.79 Å². The molecule has 1 unspecified atom stereocenters. The van der Waals surface area contributed by atoms with Crippen LogP contribution in [0.1, 0.15) is 23.5 Å². The Hall–Kier alpha value is -2.33. The van der Waals surface area contributed by atoms with Crippen LogP contribution >= 0.6 is 0 Å². The summed E-state index contributed by atoms with van der Waals surface area (Å²) >= 11 is 0. The first-order valence-corrected chi connectivity index (χ1v) is 7.96. The Kier molecular flexibility index (Phi) is 5.27. The van der Waals surface area contributed by atoms with Crippen molar-refractivity contribution in [3.8, 4) is 5.75 Å². The summed E-state index contributed by atoms with van der Waals surface area (Å²) in [5.74, 6) is 0.734. The van der Waals surface area contributed by atoms with E-state index >= 15 is 0 Å². The highest BCUT2D eigenvalue weighted by Crippen LogP contribution is 2.33. The van der Waals surface area contributed by atoms with Crippen LogP contribution in [0.4, 0.5) is 0 Å². The molecular formula is C19H21NO3. The highest BCUT2D eigenvalue weighted by Gasteiger charge is 2.26. The Labute approximate surface area is 136 Å². The lowest BCUT2D eigenvalue weighted by Gasteiger charge is -2.25. The molecule has 0 saturated carbocycles. The second-order valence-electron chi connectivity index (χ2n) is 5.56. The number of ether oxygens (including phenoxy) is 2. The van der Waals surface area contributed by atoms with Crippen molar-refractivity contribution < 1.29 is 14.3 Å². The molecule has 0 saturated heterocycles. The summed E-state index contributed by atoms with van der Waals surface area (Å²) in [5, 5.41) is 2.96. The third kappa shape index (κ3) is 4.11. The molecule has 3 rings (SSSR count). The lowest BCUT2D eigenvalue weighted by atomic mass is 9.92. The van der Waals surface area contributed by atoms with Gasteiger partial charge in [-0.2, -0.15) is 0 Å². The maximum Gasteiger partial charge on any atom is 0.227 e. The number of carbonyl (C=O) groups excluding carboxylic acids is 1. The Morgan fingerprint density at radius 2 is 1.91 bits per heavy atom. The first-order chi connectivity index (χ1) is 11.3. The minimum absolute atomic E-state index is 0.0454. The second-order valence-corrected chi connectivity index (χ2v) is 5.56. The van der Waals surface area contributed by atoms with Gasteiger partial charge in [0.2, 0.25) is 5.91 Å². The topological polar surface area (TPSA) is 47.6 Å². The van der Waals surface area contributed by atoms with Gasteiger partial charge >= 0.3 is 0 Å². The minimum atomic E-state index is -0.130. The Morgan fingerprint density at radius 1 is 1.13 bits per heavy atom. The molecule has 2 aromatic rings. The number of rotatable bonds is 6. The molecule has 4 nitrogen and oxygen atoms in total. The van der Waals surface area contributed by atoms with Crippen LogP contribution in [-0.4, -0.2) is 25.7 Å². The van der Waals surface area contributed by atoms with E-state index in [2.05, 4.69) is 5.32 Å². The number of hydrogen-bond acceptors (Lipinski definition) is 3. The summed E-state index contributed by atoms with van der Waals surface area (Å²) in [6.45, 7) is 2.17.